The molecule has 0 atom stereocenters. The van der Waals surface area contributed by atoms with Crippen LogP contribution in [0, 0.1) is 0 Å². The maximum absolute atomic E-state index is 10.9. The first kappa shape index (κ1) is 16.4. The molecule has 4 N–H and O–H groups in total. The molecule has 6 heteroatoms. The van der Waals surface area contributed by atoms with E-state index in [1.165, 1.54) is 0 Å². The fourth-order valence-electron chi connectivity index (χ4n) is 2.25. The molecule has 0 aromatic heterocycles. The minimum Gasteiger partial charge on any atom is -0.411 e. The molecule has 0 saturated carbocycles. The van der Waals surface area contributed by atoms with Crippen LogP contribution in [0.25, 0.3) is 0 Å². The van der Waals surface area contributed by atoms with Crippen LogP contribution >= 0.6 is 0 Å². The van der Waals surface area contributed by atoms with Gasteiger partial charge in [0.1, 0.15) is 11.5 Å². The lowest BCUT2D eigenvalue weighted by atomic mass is 10.0. The standard InChI is InChI=1S/C17H18N2O4/c1-2-13-10-12(5-8-15(13)23-17(19)21)9-11-3-6-14(7-4-11)22-16(18)20/h3-8,10H,2,9H2,1H3,(H2,18,20)(H2,19,21). The van der Waals surface area contributed by atoms with Crippen LogP contribution in [-0.2, 0) is 12.8 Å². The molecule has 0 fully saturated rings. The van der Waals surface area contributed by atoms with Gasteiger partial charge in [0.05, 0.1) is 0 Å². The lowest BCUT2D eigenvalue weighted by molar-refractivity contribution is 0.209. The van der Waals surface area contributed by atoms with Crippen LogP contribution in [0.5, 0.6) is 11.5 Å². The number of carbonyl (C=O) groups excluding carboxylic acids is 2. The van der Waals surface area contributed by atoms with E-state index < -0.39 is 12.2 Å². The Labute approximate surface area is 134 Å². The van der Waals surface area contributed by atoms with Crippen molar-refractivity contribution < 1.29 is 19.1 Å². The summed E-state index contributed by atoms with van der Waals surface area (Å²) in [7, 11) is 0. The molecule has 0 heterocycles. The van der Waals surface area contributed by atoms with Gasteiger partial charge in [0.25, 0.3) is 0 Å². The summed E-state index contributed by atoms with van der Waals surface area (Å²) in [6, 6.07) is 12.7. The molecule has 2 aromatic rings. The quantitative estimate of drug-likeness (QED) is 0.885. The lowest BCUT2D eigenvalue weighted by Crippen LogP contribution is -2.17. The van der Waals surface area contributed by atoms with Gasteiger partial charge in [0, 0.05) is 0 Å². The summed E-state index contributed by atoms with van der Waals surface area (Å²) in [5, 5.41) is 0. The predicted molar refractivity (Wildman–Crippen MR) is 85.5 cm³/mol. The van der Waals surface area contributed by atoms with Gasteiger partial charge < -0.3 is 20.9 Å². The van der Waals surface area contributed by atoms with Crippen LogP contribution in [-0.4, -0.2) is 12.2 Å². The van der Waals surface area contributed by atoms with Gasteiger partial charge in [-0.1, -0.05) is 31.2 Å². The molecule has 23 heavy (non-hydrogen) atoms. The summed E-state index contributed by atoms with van der Waals surface area (Å²) < 4.78 is 9.76. The number of rotatable bonds is 5. The van der Waals surface area contributed by atoms with Gasteiger partial charge in [-0.05, 0) is 47.7 Å². The second kappa shape index (κ2) is 7.31. The van der Waals surface area contributed by atoms with Gasteiger partial charge in [-0.25, -0.2) is 9.59 Å². The average molecular weight is 314 g/mol. The molecule has 2 aromatic carbocycles. The number of benzene rings is 2. The third-order valence-corrected chi connectivity index (χ3v) is 3.27. The Morgan fingerprint density at radius 3 is 2.09 bits per heavy atom. The highest BCUT2D eigenvalue weighted by Crippen LogP contribution is 2.23. The Morgan fingerprint density at radius 2 is 1.52 bits per heavy atom. The first-order valence-electron chi connectivity index (χ1n) is 7.13. The topological polar surface area (TPSA) is 105 Å². The van der Waals surface area contributed by atoms with Crippen molar-refractivity contribution in [2.24, 2.45) is 11.5 Å². The maximum Gasteiger partial charge on any atom is 0.409 e. The zero-order chi connectivity index (χ0) is 16.8. The fraction of sp³-hybridized carbons (Fsp3) is 0.176. The van der Waals surface area contributed by atoms with E-state index in [1.54, 1.807) is 18.2 Å². The smallest absolute Gasteiger partial charge is 0.409 e. The van der Waals surface area contributed by atoms with Crippen molar-refractivity contribution in [3.63, 3.8) is 0 Å². The Bertz CT molecular complexity index is 711. The number of nitrogens with two attached hydrogens (primary N) is 2. The number of hydrogen-bond donors (Lipinski definition) is 2. The van der Waals surface area contributed by atoms with E-state index >= 15 is 0 Å². The van der Waals surface area contributed by atoms with Crippen LogP contribution in [0.4, 0.5) is 9.59 Å². The molecule has 0 unspecified atom stereocenters. The lowest BCUT2D eigenvalue weighted by Gasteiger charge is -2.10. The molecule has 120 valence electrons. The van der Waals surface area contributed by atoms with Crippen molar-refractivity contribution in [3.05, 3.63) is 59.2 Å². The first-order valence-corrected chi connectivity index (χ1v) is 7.13. The second-order valence-electron chi connectivity index (χ2n) is 4.96. The molecule has 2 amide bonds. The predicted octanol–water partition coefficient (Wildman–Crippen LogP) is 2.75. The Balaban J connectivity index is 2.13. The third-order valence-electron chi connectivity index (χ3n) is 3.27. The van der Waals surface area contributed by atoms with Crippen LogP contribution in [0.1, 0.15) is 23.6 Å². The number of ether oxygens (including phenoxy) is 2. The highest BCUT2D eigenvalue weighted by Gasteiger charge is 2.07. The van der Waals surface area contributed by atoms with E-state index in [1.807, 2.05) is 31.2 Å². The number of carbonyl (C=O) groups is 2. The molecule has 0 aliphatic carbocycles. The van der Waals surface area contributed by atoms with Gasteiger partial charge in [0.15, 0.2) is 0 Å². The summed E-state index contributed by atoms with van der Waals surface area (Å²) in [5.74, 6) is 0.884. The van der Waals surface area contributed by atoms with Gasteiger partial charge in [-0.3, -0.25) is 0 Å². The number of primary amides is 2. The molecule has 0 aliphatic heterocycles. The van der Waals surface area contributed by atoms with E-state index in [0.717, 1.165) is 23.1 Å². The van der Waals surface area contributed by atoms with Crippen LogP contribution < -0.4 is 20.9 Å². The van der Waals surface area contributed by atoms with E-state index in [2.05, 4.69) is 0 Å². The molecule has 0 saturated heterocycles. The number of aryl methyl sites for hydroxylation is 1. The van der Waals surface area contributed by atoms with Crippen molar-refractivity contribution >= 4 is 12.2 Å². The van der Waals surface area contributed by atoms with Gasteiger partial charge in [-0.2, -0.15) is 0 Å². The van der Waals surface area contributed by atoms with Crippen molar-refractivity contribution in [2.45, 2.75) is 19.8 Å². The Kier molecular flexibility index (Phi) is 5.19. The molecule has 0 bridgehead atoms. The second-order valence-corrected chi connectivity index (χ2v) is 4.96. The minimum absolute atomic E-state index is 0.403. The zero-order valence-corrected chi connectivity index (χ0v) is 12.7. The molecular formula is C17H18N2O4. The summed E-state index contributed by atoms with van der Waals surface area (Å²) in [5.41, 5.74) is 13.0. The van der Waals surface area contributed by atoms with E-state index in [4.69, 9.17) is 20.9 Å². The van der Waals surface area contributed by atoms with Crippen molar-refractivity contribution in [2.75, 3.05) is 0 Å². The van der Waals surface area contributed by atoms with Gasteiger partial charge in [-0.15, -0.1) is 0 Å². The van der Waals surface area contributed by atoms with E-state index in [9.17, 15) is 9.59 Å². The monoisotopic (exact) mass is 314 g/mol. The average Bonchev–Trinajstić information content (AvgIpc) is 2.49. The highest BCUT2D eigenvalue weighted by atomic mass is 16.6. The summed E-state index contributed by atoms with van der Waals surface area (Å²) in [4.78, 5) is 21.6. The molecular weight excluding hydrogens is 296 g/mol. The third kappa shape index (κ3) is 4.74. The number of amides is 2. The molecule has 0 spiro atoms. The first-order chi connectivity index (χ1) is 11.0. The Hall–Kier alpha value is -3.02. The van der Waals surface area contributed by atoms with E-state index in [0.29, 0.717) is 17.9 Å². The van der Waals surface area contributed by atoms with Crippen LogP contribution in [0.15, 0.2) is 42.5 Å². The van der Waals surface area contributed by atoms with Crippen LogP contribution in [0.2, 0.25) is 0 Å². The molecule has 0 radical (unpaired) electrons. The maximum atomic E-state index is 10.9. The Morgan fingerprint density at radius 1 is 0.913 bits per heavy atom. The van der Waals surface area contributed by atoms with Crippen molar-refractivity contribution in [3.8, 4) is 11.5 Å². The minimum atomic E-state index is -0.838. The summed E-state index contributed by atoms with van der Waals surface area (Å²) >= 11 is 0. The molecule has 6 nitrogen and oxygen atoms in total. The largest absolute Gasteiger partial charge is 0.411 e. The van der Waals surface area contributed by atoms with Crippen molar-refractivity contribution in [1.29, 1.82) is 0 Å². The SMILES string of the molecule is CCc1cc(Cc2ccc(OC(N)=O)cc2)ccc1OC(N)=O. The highest BCUT2D eigenvalue weighted by molar-refractivity contribution is 5.69. The summed E-state index contributed by atoms with van der Waals surface area (Å²) in [6.45, 7) is 1.98. The normalized spacial score (nSPS) is 10.1. The summed E-state index contributed by atoms with van der Waals surface area (Å²) in [6.07, 6.45) is -0.240. The number of hydrogen-bond acceptors (Lipinski definition) is 4. The van der Waals surface area contributed by atoms with E-state index in [-0.39, 0.29) is 0 Å². The van der Waals surface area contributed by atoms with Gasteiger partial charge in [0.2, 0.25) is 0 Å². The van der Waals surface area contributed by atoms with Crippen molar-refractivity contribution in [1.82, 2.24) is 0 Å². The molecule has 0 aliphatic rings. The van der Waals surface area contributed by atoms with Gasteiger partial charge >= 0.3 is 12.2 Å². The molecule has 2 rings (SSSR count). The van der Waals surface area contributed by atoms with Crippen LogP contribution in [0.3, 0.4) is 0 Å². The fourth-order valence-corrected chi connectivity index (χ4v) is 2.25. The zero-order valence-electron chi connectivity index (χ0n) is 12.7.